The summed E-state index contributed by atoms with van der Waals surface area (Å²) in [5, 5.41) is 2.96. The summed E-state index contributed by atoms with van der Waals surface area (Å²) in [6.45, 7) is 5.78. The highest BCUT2D eigenvalue weighted by Gasteiger charge is 2.30. The highest BCUT2D eigenvalue weighted by Crippen LogP contribution is 2.22. The lowest BCUT2D eigenvalue weighted by atomic mass is 10.1. The summed E-state index contributed by atoms with van der Waals surface area (Å²) in [5.74, 6) is 0.225. The molecule has 2 saturated heterocycles. The highest BCUT2D eigenvalue weighted by atomic mass is 16.5. The number of aromatic nitrogens is 1. The summed E-state index contributed by atoms with van der Waals surface area (Å²) in [5.41, 5.74) is 2.70. The van der Waals surface area contributed by atoms with E-state index in [1.165, 1.54) is 5.56 Å². The molecule has 1 unspecified atom stereocenters. The predicted octanol–water partition coefficient (Wildman–Crippen LogP) is 2.23. The molecule has 31 heavy (non-hydrogen) atoms. The van der Waals surface area contributed by atoms with E-state index in [0.29, 0.717) is 63.8 Å². The third-order valence-electron chi connectivity index (χ3n) is 5.57. The van der Waals surface area contributed by atoms with E-state index < -0.39 is 0 Å². The Kier molecular flexibility index (Phi) is 6.66. The molecule has 2 aromatic rings. The van der Waals surface area contributed by atoms with E-state index >= 15 is 0 Å². The van der Waals surface area contributed by atoms with Crippen LogP contribution in [0.4, 0.5) is 4.79 Å². The number of hydrogen-bond donors (Lipinski definition) is 1. The van der Waals surface area contributed by atoms with E-state index in [0.717, 1.165) is 5.56 Å². The molecule has 1 N–H and O–H groups in total. The first-order valence-corrected chi connectivity index (χ1v) is 10.7. The van der Waals surface area contributed by atoms with Crippen molar-refractivity contribution in [2.45, 2.75) is 26.0 Å². The van der Waals surface area contributed by atoms with Gasteiger partial charge in [-0.15, -0.1) is 0 Å². The number of pyridine rings is 1. The molecule has 0 spiro atoms. The number of amides is 3. The Bertz CT molecular complexity index is 912. The molecule has 1 aromatic heterocycles. The molecule has 0 aliphatic carbocycles. The van der Waals surface area contributed by atoms with Crippen LogP contribution in [0.25, 0.3) is 0 Å². The summed E-state index contributed by atoms with van der Waals surface area (Å²) in [6.07, 6.45) is 2.11. The molecule has 1 atom stereocenters. The van der Waals surface area contributed by atoms with Gasteiger partial charge in [-0.1, -0.05) is 29.8 Å². The Morgan fingerprint density at radius 2 is 1.90 bits per heavy atom. The number of aryl methyl sites for hydroxylation is 1. The van der Waals surface area contributed by atoms with Crippen molar-refractivity contribution in [3.05, 3.63) is 59.3 Å². The zero-order valence-corrected chi connectivity index (χ0v) is 17.8. The number of ether oxygens (including phenoxy) is 2. The average Bonchev–Trinajstić information content (AvgIpc) is 3.28. The number of carbonyl (C=O) groups excluding carboxylic acids is 2. The number of morpholine rings is 1. The minimum atomic E-state index is -0.198. The van der Waals surface area contributed by atoms with Crippen LogP contribution >= 0.6 is 0 Å². The van der Waals surface area contributed by atoms with Crippen LogP contribution in [0.15, 0.2) is 42.6 Å². The van der Waals surface area contributed by atoms with Crippen molar-refractivity contribution in [2.24, 2.45) is 0 Å². The van der Waals surface area contributed by atoms with Crippen molar-refractivity contribution in [3.8, 4) is 5.88 Å². The molecule has 4 rings (SSSR count). The predicted molar refractivity (Wildman–Crippen MR) is 115 cm³/mol. The van der Waals surface area contributed by atoms with E-state index in [2.05, 4.69) is 10.3 Å². The van der Waals surface area contributed by atoms with E-state index in [1.807, 2.05) is 31.2 Å². The number of hydrogen-bond acceptors (Lipinski definition) is 5. The molecule has 2 aliphatic heterocycles. The minimum Gasteiger partial charge on any atom is -0.472 e. The van der Waals surface area contributed by atoms with Gasteiger partial charge in [-0.3, -0.25) is 4.79 Å². The molecule has 0 bridgehead atoms. The molecule has 2 fully saturated rings. The zero-order valence-electron chi connectivity index (χ0n) is 17.8. The monoisotopic (exact) mass is 424 g/mol. The molecule has 2 aliphatic rings. The first kappa shape index (κ1) is 21.1. The van der Waals surface area contributed by atoms with Gasteiger partial charge in [0.2, 0.25) is 5.88 Å². The average molecular weight is 425 g/mol. The van der Waals surface area contributed by atoms with Crippen molar-refractivity contribution < 1.29 is 19.1 Å². The van der Waals surface area contributed by atoms with Gasteiger partial charge in [-0.25, -0.2) is 9.78 Å². The van der Waals surface area contributed by atoms with Crippen molar-refractivity contribution in [1.82, 2.24) is 20.1 Å². The van der Waals surface area contributed by atoms with E-state index in [4.69, 9.17) is 9.47 Å². The molecule has 164 valence electrons. The van der Waals surface area contributed by atoms with Crippen LogP contribution in [-0.2, 0) is 11.3 Å². The Labute approximate surface area is 182 Å². The number of likely N-dealkylation sites (tertiary alicyclic amines) is 1. The lowest BCUT2D eigenvalue weighted by molar-refractivity contribution is 0.0298. The Balaban J connectivity index is 1.32. The Morgan fingerprint density at radius 3 is 2.68 bits per heavy atom. The minimum absolute atomic E-state index is 0.0999. The zero-order chi connectivity index (χ0) is 21.6. The molecular formula is C23H28N4O4. The second-order valence-corrected chi connectivity index (χ2v) is 7.88. The third-order valence-corrected chi connectivity index (χ3v) is 5.57. The number of nitrogens with one attached hydrogen (secondary N) is 1. The quantitative estimate of drug-likeness (QED) is 0.796. The normalized spacial score (nSPS) is 18.7. The number of carbonyl (C=O) groups is 2. The second-order valence-electron chi connectivity index (χ2n) is 7.88. The molecule has 8 heteroatoms. The fourth-order valence-electron chi connectivity index (χ4n) is 3.75. The smallest absolute Gasteiger partial charge is 0.317 e. The standard InChI is InChI=1S/C23H28N4O4/c1-17-4-6-18(7-5-17)15-25-23(29)27-10-8-19(16-27)31-21-20(3-2-9-24-21)22(28)26-11-13-30-14-12-26/h2-7,9,19H,8,10-16H2,1H3,(H,25,29). The molecule has 0 radical (unpaired) electrons. The first-order valence-electron chi connectivity index (χ1n) is 10.7. The largest absolute Gasteiger partial charge is 0.472 e. The third kappa shape index (κ3) is 5.32. The van der Waals surface area contributed by atoms with Gasteiger partial charge in [-0.05, 0) is 24.6 Å². The van der Waals surface area contributed by atoms with Crippen molar-refractivity contribution in [2.75, 3.05) is 39.4 Å². The first-order chi connectivity index (χ1) is 15.1. The van der Waals surface area contributed by atoms with Gasteiger partial charge in [0.05, 0.1) is 19.8 Å². The molecular weight excluding hydrogens is 396 g/mol. The van der Waals surface area contributed by atoms with Crippen LogP contribution in [-0.4, -0.2) is 72.2 Å². The van der Waals surface area contributed by atoms with Crippen LogP contribution in [0, 0.1) is 6.92 Å². The van der Waals surface area contributed by atoms with E-state index in [1.54, 1.807) is 28.1 Å². The van der Waals surface area contributed by atoms with Gasteiger partial charge in [0.1, 0.15) is 11.7 Å². The van der Waals surface area contributed by atoms with Gasteiger partial charge in [0.25, 0.3) is 5.91 Å². The summed E-state index contributed by atoms with van der Waals surface area (Å²) in [4.78, 5) is 33.2. The van der Waals surface area contributed by atoms with Crippen LogP contribution in [0.1, 0.15) is 27.9 Å². The number of rotatable bonds is 5. The van der Waals surface area contributed by atoms with E-state index in [9.17, 15) is 9.59 Å². The van der Waals surface area contributed by atoms with Gasteiger partial charge < -0.3 is 24.6 Å². The molecule has 1 aromatic carbocycles. The fraction of sp³-hybridized carbons (Fsp3) is 0.435. The topological polar surface area (TPSA) is 84.0 Å². The Hall–Kier alpha value is -3.13. The highest BCUT2D eigenvalue weighted by molar-refractivity contribution is 5.96. The van der Waals surface area contributed by atoms with E-state index in [-0.39, 0.29) is 18.0 Å². The van der Waals surface area contributed by atoms with Gasteiger partial charge in [0, 0.05) is 38.8 Å². The summed E-state index contributed by atoms with van der Waals surface area (Å²) < 4.78 is 11.4. The Morgan fingerprint density at radius 1 is 1.13 bits per heavy atom. The molecule has 3 amide bonds. The lowest BCUT2D eigenvalue weighted by Gasteiger charge is -2.27. The SMILES string of the molecule is Cc1ccc(CNC(=O)N2CCC(Oc3ncccc3C(=O)N3CCOCC3)C2)cc1. The van der Waals surface area contributed by atoms with Gasteiger partial charge >= 0.3 is 6.03 Å². The van der Waals surface area contributed by atoms with Crippen molar-refractivity contribution in [3.63, 3.8) is 0 Å². The number of urea groups is 1. The summed E-state index contributed by atoms with van der Waals surface area (Å²) in [7, 11) is 0. The second kappa shape index (κ2) is 9.78. The maximum absolute atomic E-state index is 12.9. The van der Waals surface area contributed by atoms with Crippen LogP contribution in [0.2, 0.25) is 0 Å². The molecule has 8 nitrogen and oxygen atoms in total. The lowest BCUT2D eigenvalue weighted by Crippen LogP contribution is -2.41. The van der Waals surface area contributed by atoms with Crippen LogP contribution in [0.3, 0.4) is 0 Å². The maximum atomic E-state index is 12.9. The fourth-order valence-corrected chi connectivity index (χ4v) is 3.75. The summed E-state index contributed by atoms with van der Waals surface area (Å²) >= 11 is 0. The summed E-state index contributed by atoms with van der Waals surface area (Å²) in [6, 6.07) is 11.4. The van der Waals surface area contributed by atoms with Crippen molar-refractivity contribution in [1.29, 1.82) is 0 Å². The maximum Gasteiger partial charge on any atom is 0.317 e. The number of benzene rings is 1. The number of nitrogens with zero attached hydrogens (tertiary/aromatic N) is 3. The van der Waals surface area contributed by atoms with Gasteiger partial charge in [-0.2, -0.15) is 0 Å². The molecule has 0 saturated carbocycles. The molecule has 3 heterocycles. The van der Waals surface area contributed by atoms with Gasteiger partial charge in [0.15, 0.2) is 0 Å². The van der Waals surface area contributed by atoms with Crippen LogP contribution < -0.4 is 10.1 Å². The van der Waals surface area contributed by atoms with Crippen LogP contribution in [0.5, 0.6) is 5.88 Å². The van der Waals surface area contributed by atoms with Crippen molar-refractivity contribution >= 4 is 11.9 Å².